The van der Waals surface area contributed by atoms with Crippen LogP contribution in [-0.2, 0) is 6.54 Å². The summed E-state index contributed by atoms with van der Waals surface area (Å²) in [5, 5.41) is 15.4. The molecule has 4 heteroatoms. The molecule has 0 bridgehead atoms. The van der Waals surface area contributed by atoms with Gasteiger partial charge in [0.15, 0.2) is 0 Å². The van der Waals surface area contributed by atoms with E-state index in [0.717, 1.165) is 31.2 Å². The van der Waals surface area contributed by atoms with Crippen molar-refractivity contribution in [2.75, 3.05) is 0 Å². The fourth-order valence-electron chi connectivity index (χ4n) is 2.28. The van der Waals surface area contributed by atoms with Gasteiger partial charge in [0.2, 0.25) is 0 Å². The van der Waals surface area contributed by atoms with Gasteiger partial charge in [0, 0.05) is 6.54 Å². The first-order chi connectivity index (χ1) is 8.75. The molecule has 98 valence electrons. The van der Waals surface area contributed by atoms with E-state index in [0.29, 0.717) is 6.54 Å². The number of amides is 2. The van der Waals surface area contributed by atoms with Gasteiger partial charge in [-0.05, 0) is 18.4 Å². The van der Waals surface area contributed by atoms with Gasteiger partial charge < -0.3 is 15.7 Å². The van der Waals surface area contributed by atoms with Crippen LogP contribution in [0.4, 0.5) is 4.79 Å². The molecule has 1 aliphatic rings. The van der Waals surface area contributed by atoms with Gasteiger partial charge in [0.25, 0.3) is 0 Å². The molecule has 2 atom stereocenters. The second-order valence-corrected chi connectivity index (χ2v) is 4.77. The Hall–Kier alpha value is -1.55. The number of carbonyl (C=O) groups is 1. The van der Waals surface area contributed by atoms with Gasteiger partial charge >= 0.3 is 6.03 Å². The van der Waals surface area contributed by atoms with Crippen LogP contribution in [0.3, 0.4) is 0 Å². The lowest BCUT2D eigenvalue weighted by Crippen LogP contribution is -2.48. The van der Waals surface area contributed by atoms with Gasteiger partial charge in [-0.25, -0.2) is 4.79 Å². The first kappa shape index (κ1) is 12.9. The van der Waals surface area contributed by atoms with Crippen molar-refractivity contribution in [1.82, 2.24) is 10.6 Å². The Labute approximate surface area is 107 Å². The molecule has 0 saturated heterocycles. The minimum absolute atomic E-state index is 0.102. The smallest absolute Gasteiger partial charge is 0.315 e. The molecular formula is C14H20N2O2. The summed E-state index contributed by atoms with van der Waals surface area (Å²) in [7, 11) is 0. The standard InChI is InChI=1S/C14H20N2O2/c17-13-9-5-4-8-12(13)16-14(18)15-10-11-6-2-1-3-7-11/h1-3,6-7,12-13,17H,4-5,8-10H2,(H2,15,16,18)/t12-,13-/m1/s1. The Kier molecular flexibility index (Phi) is 4.59. The molecule has 0 radical (unpaired) electrons. The SMILES string of the molecule is O=C(NCc1ccccc1)N[C@@H]1CCCC[C@H]1O. The molecule has 0 aromatic heterocycles. The van der Waals surface area contributed by atoms with Crippen LogP contribution in [0.5, 0.6) is 0 Å². The van der Waals surface area contributed by atoms with Crippen molar-refractivity contribution in [3.05, 3.63) is 35.9 Å². The second kappa shape index (κ2) is 6.40. The summed E-state index contributed by atoms with van der Waals surface area (Å²) in [6.07, 6.45) is 3.36. The summed E-state index contributed by atoms with van der Waals surface area (Å²) in [6, 6.07) is 9.46. The largest absolute Gasteiger partial charge is 0.391 e. The number of benzene rings is 1. The highest BCUT2D eigenvalue weighted by molar-refractivity contribution is 5.74. The summed E-state index contributed by atoms with van der Waals surface area (Å²) in [5.41, 5.74) is 1.07. The molecule has 4 nitrogen and oxygen atoms in total. The maximum atomic E-state index is 11.7. The van der Waals surface area contributed by atoms with Crippen LogP contribution in [0.1, 0.15) is 31.2 Å². The first-order valence-corrected chi connectivity index (χ1v) is 6.52. The maximum absolute atomic E-state index is 11.7. The highest BCUT2D eigenvalue weighted by Gasteiger charge is 2.24. The Morgan fingerprint density at radius 2 is 1.94 bits per heavy atom. The molecule has 0 aliphatic heterocycles. The van der Waals surface area contributed by atoms with Crippen molar-refractivity contribution in [1.29, 1.82) is 0 Å². The summed E-state index contributed by atoms with van der Waals surface area (Å²) in [5.74, 6) is 0. The zero-order valence-electron chi connectivity index (χ0n) is 10.4. The third kappa shape index (κ3) is 3.74. The number of aliphatic hydroxyl groups is 1. The molecule has 1 aliphatic carbocycles. The average molecular weight is 248 g/mol. The van der Waals surface area contributed by atoms with Crippen LogP contribution in [0.25, 0.3) is 0 Å². The summed E-state index contributed by atoms with van der Waals surface area (Å²) < 4.78 is 0. The molecule has 1 aromatic carbocycles. The topological polar surface area (TPSA) is 61.4 Å². The molecule has 1 aromatic rings. The molecule has 1 saturated carbocycles. The van der Waals surface area contributed by atoms with Crippen molar-refractivity contribution in [3.8, 4) is 0 Å². The number of hydrogen-bond acceptors (Lipinski definition) is 2. The van der Waals surface area contributed by atoms with Gasteiger partial charge in [-0.15, -0.1) is 0 Å². The molecule has 2 rings (SSSR count). The van der Waals surface area contributed by atoms with E-state index in [1.54, 1.807) is 0 Å². The van der Waals surface area contributed by atoms with E-state index in [1.165, 1.54) is 0 Å². The molecule has 1 fully saturated rings. The molecule has 0 spiro atoms. The monoisotopic (exact) mass is 248 g/mol. The zero-order chi connectivity index (χ0) is 12.8. The lowest BCUT2D eigenvalue weighted by atomic mass is 9.93. The van der Waals surface area contributed by atoms with E-state index in [2.05, 4.69) is 10.6 Å². The lowest BCUT2D eigenvalue weighted by Gasteiger charge is -2.28. The van der Waals surface area contributed by atoms with E-state index < -0.39 is 6.10 Å². The van der Waals surface area contributed by atoms with Gasteiger partial charge in [0.05, 0.1) is 12.1 Å². The Morgan fingerprint density at radius 3 is 2.67 bits per heavy atom. The summed E-state index contributed by atoms with van der Waals surface area (Å²) in [4.78, 5) is 11.7. The number of aliphatic hydroxyl groups excluding tert-OH is 1. The van der Waals surface area contributed by atoms with Gasteiger partial charge in [-0.1, -0.05) is 43.2 Å². The third-order valence-corrected chi connectivity index (χ3v) is 3.34. The van der Waals surface area contributed by atoms with Crippen molar-refractivity contribution < 1.29 is 9.90 Å². The van der Waals surface area contributed by atoms with Gasteiger partial charge in [-0.3, -0.25) is 0 Å². The van der Waals surface area contributed by atoms with Crippen LogP contribution in [0.15, 0.2) is 30.3 Å². The fraction of sp³-hybridized carbons (Fsp3) is 0.500. The maximum Gasteiger partial charge on any atom is 0.315 e. The van der Waals surface area contributed by atoms with Crippen molar-refractivity contribution >= 4 is 6.03 Å². The van der Waals surface area contributed by atoms with E-state index >= 15 is 0 Å². The molecule has 0 heterocycles. The van der Waals surface area contributed by atoms with E-state index in [1.807, 2.05) is 30.3 Å². The van der Waals surface area contributed by atoms with Crippen LogP contribution >= 0.6 is 0 Å². The van der Waals surface area contributed by atoms with Gasteiger partial charge in [0.1, 0.15) is 0 Å². The van der Waals surface area contributed by atoms with Gasteiger partial charge in [-0.2, -0.15) is 0 Å². The van der Waals surface area contributed by atoms with E-state index in [-0.39, 0.29) is 12.1 Å². The Morgan fingerprint density at radius 1 is 1.22 bits per heavy atom. The van der Waals surface area contributed by atoms with Crippen molar-refractivity contribution in [3.63, 3.8) is 0 Å². The Balaban J connectivity index is 1.75. The van der Waals surface area contributed by atoms with Crippen LogP contribution in [0, 0.1) is 0 Å². The number of hydrogen-bond donors (Lipinski definition) is 3. The number of nitrogens with one attached hydrogen (secondary N) is 2. The minimum Gasteiger partial charge on any atom is -0.391 e. The lowest BCUT2D eigenvalue weighted by molar-refractivity contribution is 0.0943. The van der Waals surface area contributed by atoms with Crippen molar-refractivity contribution in [2.45, 2.75) is 44.4 Å². The predicted octanol–water partition coefficient (Wildman–Crippen LogP) is 1.79. The van der Waals surface area contributed by atoms with Crippen LogP contribution in [0.2, 0.25) is 0 Å². The summed E-state index contributed by atoms with van der Waals surface area (Å²) in [6.45, 7) is 0.509. The van der Waals surface area contributed by atoms with Crippen LogP contribution in [-0.4, -0.2) is 23.3 Å². The average Bonchev–Trinajstić information content (AvgIpc) is 2.40. The number of urea groups is 1. The molecular weight excluding hydrogens is 228 g/mol. The molecule has 3 N–H and O–H groups in total. The zero-order valence-corrected chi connectivity index (χ0v) is 10.4. The van der Waals surface area contributed by atoms with E-state index in [9.17, 15) is 9.90 Å². The fourth-order valence-corrected chi connectivity index (χ4v) is 2.28. The third-order valence-electron chi connectivity index (χ3n) is 3.34. The normalized spacial score (nSPS) is 23.4. The second-order valence-electron chi connectivity index (χ2n) is 4.77. The molecule has 0 unspecified atom stereocenters. The number of carbonyl (C=O) groups excluding carboxylic acids is 1. The van der Waals surface area contributed by atoms with Crippen LogP contribution < -0.4 is 10.6 Å². The highest BCUT2D eigenvalue weighted by atomic mass is 16.3. The molecule has 2 amide bonds. The van der Waals surface area contributed by atoms with Crippen molar-refractivity contribution in [2.24, 2.45) is 0 Å². The molecule has 18 heavy (non-hydrogen) atoms. The summed E-state index contributed by atoms with van der Waals surface area (Å²) >= 11 is 0. The minimum atomic E-state index is -0.402. The highest BCUT2D eigenvalue weighted by Crippen LogP contribution is 2.18. The first-order valence-electron chi connectivity index (χ1n) is 6.52. The Bertz CT molecular complexity index is 381. The number of rotatable bonds is 3. The quantitative estimate of drug-likeness (QED) is 0.763. The van der Waals surface area contributed by atoms with E-state index in [4.69, 9.17) is 0 Å². The predicted molar refractivity (Wildman–Crippen MR) is 70.1 cm³/mol.